The minimum Gasteiger partial charge on any atom is -0.370 e. The molecule has 0 aliphatic rings. The Morgan fingerprint density at radius 1 is 1.67 bits per heavy atom. The van der Waals surface area contributed by atoms with Crippen LogP contribution in [0.2, 0.25) is 0 Å². The second-order valence-corrected chi connectivity index (χ2v) is 1.76. The number of hydrogen-bond acceptors (Lipinski definition) is 3. The van der Waals surface area contributed by atoms with Gasteiger partial charge in [-0.15, -0.1) is 0 Å². The van der Waals surface area contributed by atoms with Crippen LogP contribution in [-0.2, 0) is 9.84 Å². The molecule has 1 radical (unpaired) electrons. The third-order valence-corrected chi connectivity index (χ3v) is 0.946. The van der Waals surface area contributed by atoms with Crippen LogP contribution in [0.3, 0.4) is 0 Å². The molecule has 4 heteroatoms. The lowest BCUT2D eigenvalue weighted by atomic mass is 10.3. The summed E-state index contributed by atoms with van der Waals surface area (Å²) in [5.41, 5.74) is 0. The molecule has 0 saturated carbocycles. The predicted molar refractivity (Wildman–Crippen MR) is 28.9 cm³/mol. The van der Waals surface area contributed by atoms with Gasteiger partial charge in [-0.3, -0.25) is 0 Å². The average Bonchev–Trinajstić information content (AvgIpc) is 1.64. The maximum Gasteiger partial charge on any atom is 0.334 e. The summed E-state index contributed by atoms with van der Waals surface area (Å²) in [6.45, 7) is 3.27. The Kier molecular flexibility index (Phi) is 3.07. The largest absolute Gasteiger partial charge is 0.370 e. The molecule has 0 rings (SSSR count). The van der Waals surface area contributed by atoms with Crippen LogP contribution >= 0.6 is 0 Å². The molecule has 0 saturated heterocycles. The van der Waals surface area contributed by atoms with Crippen LogP contribution in [0.25, 0.3) is 0 Å². The molecule has 0 aromatic rings. The van der Waals surface area contributed by atoms with E-state index in [-0.39, 0.29) is 0 Å². The monoisotopic (exact) mass is 135 g/mol. The van der Waals surface area contributed by atoms with Crippen molar-refractivity contribution in [2.45, 2.75) is 25.9 Å². The van der Waals surface area contributed by atoms with Crippen molar-refractivity contribution in [2.24, 2.45) is 0 Å². The van der Waals surface area contributed by atoms with E-state index in [0.29, 0.717) is 6.61 Å². The van der Waals surface area contributed by atoms with E-state index in [1.165, 1.54) is 6.92 Å². The highest BCUT2D eigenvalue weighted by molar-refractivity contribution is 4.56. The molecule has 1 unspecified atom stereocenters. The average molecular weight is 135 g/mol. The molecule has 0 heterocycles. The first-order valence-corrected chi connectivity index (χ1v) is 2.75. The highest BCUT2D eigenvalue weighted by Gasteiger charge is 2.30. The summed E-state index contributed by atoms with van der Waals surface area (Å²) in [5.74, 6) is -2.96. The number of ether oxygens (including phenoxy) is 1. The molecule has 1 atom stereocenters. The molecule has 0 bridgehead atoms. The van der Waals surface area contributed by atoms with Gasteiger partial charge >= 0.3 is 5.97 Å². The van der Waals surface area contributed by atoms with Gasteiger partial charge in [0, 0.05) is 6.61 Å². The SMILES string of the molecule is CCOC(C)C([O])(O)O. The normalized spacial score (nSPS) is 15.7. The van der Waals surface area contributed by atoms with Gasteiger partial charge in [0.15, 0.2) is 0 Å². The van der Waals surface area contributed by atoms with Gasteiger partial charge in [-0.1, -0.05) is 0 Å². The Morgan fingerprint density at radius 3 is 2.22 bits per heavy atom. The van der Waals surface area contributed by atoms with E-state index in [1.54, 1.807) is 6.92 Å². The van der Waals surface area contributed by atoms with E-state index in [4.69, 9.17) is 10.2 Å². The number of aliphatic hydroxyl groups is 2. The summed E-state index contributed by atoms with van der Waals surface area (Å²) in [4.78, 5) is 0. The van der Waals surface area contributed by atoms with Crippen molar-refractivity contribution in [1.29, 1.82) is 0 Å². The van der Waals surface area contributed by atoms with Crippen molar-refractivity contribution in [1.82, 2.24) is 0 Å². The summed E-state index contributed by atoms with van der Waals surface area (Å²) in [6, 6.07) is 0. The molecule has 2 N–H and O–H groups in total. The second kappa shape index (κ2) is 3.12. The molecule has 0 aliphatic carbocycles. The molecule has 4 nitrogen and oxygen atoms in total. The highest BCUT2D eigenvalue weighted by Crippen LogP contribution is 2.05. The molecule has 0 aliphatic heterocycles. The van der Waals surface area contributed by atoms with Crippen molar-refractivity contribution in [3.63, 3.8) is 0 Å². The van der Waals surface area contributed by atoms with Crippen LogP contribution in [0.4, 0.5) is 0 Å². The molecule has 0 aromatic carbocycles. The Labute approximate surface area is 53.7 Å². The second-order valence-electron chi connectivity index (χ2n) is 1.76. The van der Waals surface area contributed by atoms with Gasteiger partial charge in [0.05, 0.1) is 0 Å². The maximum atomic E-state index is 10.2. The van der Waals surface area contributed by atoms with Crippen molar-refractivity contribution in [2.75, 3.05) is 6.61 Å². The molecule has 9 heavy (non-hydrogen) atoms. The minimum absolute atomic E-state index is 0.298. The van der Waals surface area contributed by atoms with E-state index < -0.39 is 12.1 Å². The van der Waals surface area contributed by atoms with Gasteiger partial charge in [0.1, 0.15) is 6.10 Å². The molecule has 55 valence electrons. The highest BCUT2D eigenvalue weighted by atomic mass is 16.7. The van der Waals surface area contributed by atoms with Gasteiger partial charge in [0.2, 0.25) is 0 Å². The van der Waals surface area contributed by atoms with Crippen molar-refractivity contribution in [3.05, 3.63) is 0 Å². The minimum atomic E-state index is -2.96. The lowest BCUT2D eigenvalue weighted by Crippen LogP contribution is -2.40. The van der Waals surface area contributed by atoms with Crippen molar-refractivity contribution >= 4 is 0 Å². The van der Waals surface area contributed by atoms with E-state index in [1.807, 2.05) is 0 Å². The first-order valence-electron chi connectivity index (χ1n) is 2.75. The fourth-order valence-corrected chi connectivity index (χ4v) is 0.359. The molecule has 0 fully saturated rings. The Bertz CT molecular complexity index is 75.5. The van der Waals surface area contributed by atoms with Crippen LogP contribution in [-0.4, -0.2) is 28.9 Å². The smallest absolute Gasteiger partial charge is 0.334 e. The zero-order valence-corrected chi connectivity index (χ0v) is 5.50. The van der Waals surface area contributed by atoms with E-state index >= 15 is 0 Å². The maximum absolute atomic E-state index is 10.2. The van der Waals surface area contributed by atoms with E-state index in [2.05, 4.69) is 4.74 Å². The molecular formula is C5H11O4. The first-order chi connectivity index (χ1) is 3.98. The fourth-order valence-electron chi connectivity index (χ4n) is 0.359. The lowest BCUT2D eigenvalue weighted by molar-refractivity contribution is -0.385. The number of rotatable bonds is 3. The van der Waals surface area contributed by atoms with E-state index in [9.17, 15) is 5.11 Å². The van der Waals surface area contributed by atoms with Gasteiger partial charge in [0.25, 0.3) is 0 Å². The quantitative estimate of drug-likeness (QED) is 0.511. The summed E-state index contributed by atoms with van der Waals surface area (Å²) in [6.07, 6.45) is -1.08. The summed E-state index contributed by atoms with van der Waals surface area (Å²) in [7, 11) is 0. The van der Waals surface area contributed by atoms with Crippen LogP contribution in [0, 0.1) is 0 Å². The van der Waals surface area contributed by atoms with Gasteiger partial charge in [-0.25, -0.2) is 0 Å². The van der Waals surface area contributed by atoms with Crippen LogP contribution in [0.1, 0.15) is 13.8 Å². The van der Waals surface area contributed by atoms with Crippen LogP contribution < -0.4 is 0 Å². The van der Waals surface area contributed by atoms with Gasteiger partial charge in [-0.2, -0.15) is 5.11 Å². The Morgan fingerprint density at radius 2 is 2.11 bits per heavy atom. The zero-order chi connectivity index (χ0) is 7.49. The zero-order valence-electron chi connectivity index (χ0n) is 5.50. The third-order valence-electron chi connectivity index (χ3n) is 0.946. The first kappa shape index (κ1) is 8.84. The van der Waals surface area contributed by atoms with Crippen molar-refractivity contribution < 1.29 is 20.1 Å². The molecule has 0 spiro atoms. The standard InChI is InChI=1S/C5H11O4/c1-3-9-4(2)5(6,7)8/h4,6-7H,3H2,1-2H3. The van der Waals surface area contributed by atoms with Crippen LogP contribution in [0.5, 0.6) is 0 Å². The van der Waals surface area contributed by atoms with Crippen LogP contribution in [0.15, 0.2) is 0 Å². The molecular weight excluding hydrogens is 124 g/mol. The molecule has 0 aromatic heterocycles. The summed E-state index contributed by atoms with van der Waals surface area (Å²) < 4.78 is 4.59. The lowest BCUT2D eigenvalue weighted by Gasteiger charge is -2.19. The van der Waals surface area contributed by atoms with Gasteiger partial charge in [-0.05, 0) is 13.8 Å². The Hall–Kier alpha value is -0.160. The Balaban J connectivity index is 3.59. The fraction of sp³-hybridized carbons (Fsp3) is 1.00. The predicted octanol–water partition coefficient (Wildman–Crippen LogP) is -0.520. The summed E-state index contributed by atoms with van der Waals surface area (Å²) in [5, 5.41) is 26.8. The van der Waals surface area contributed by atoms with Gasteiger partial charge < -0.3 is 14.9 Å². The van der Waals surface area contributed by atoms with E-state index in [0.717, 1.165) is 0 Å². The summed E-state index contributed by atoms with van der Waals surface area (Å²) >= 11 is 0. The molecule has 0 amide bonds. The van der Waals surface area contributed by atoms with Crippen molar-refractivity contribution in [3.8, 4) is 0 Å². The number of hydrogen-bond donors (Lipinski definition) is 2. The topological polar surface area (TPSA) is 69.6 Å². The third kappa shape index (κ3) is 3.42.